The Labute approximate surface area is 167 Å². The van der Waals surface area contributed by atoms with Gasteiger partial charge in [-0.05, 0) is 44.4 Å². The van der Waals surface area contributed by atoms with Crippen molar-refractivity contribution in [3.8, 4) is 0 Å². The van der Waals surface area contributed by atoms with Crippen LogP contribution in [0.4, 0.5) is 0 Å². The number of nitrogens with zero attached hydrogens (tertiary/aromatic N) is 3. The van der Waals surface area contributed by atoms with E-state index in [4.69, 9.17) is 5.10 Å². The average Bonchev–Trinajstić information content (AvgIpc) is 3.16. The molecule has 1 saturated heterocycles. The molecular weight excluding hydrogens is 346 g/mol. The van der Waals surface area contributed by atoms with E-state index in [9.17, 15) is 4.79 Å². The maximum absolute atomic E-state index is 13.3. The summed E-state index contributed by atoms with van der Waals surface area (Å²) in [6, 6.07) is 19.2. The van der Waals surface area contributed by atoms with E-state index in [1.807, 2.05) is 18.2 Å². The van der Waals surface area contributed by atoms with Crippen molar-refractivity contribution in [3.05, 3.63) is 71.3 Å². The molecule has 4 rings (SSSR count). The van der Waals surface area contributed by atoms with Crippen LogP contribution < -0.4 is 0 Å². The van der Waals surface area contributed by atoms with Gasteiger partial charge in [-0.1, -0.05) is 66.6 Å². The molecule has 4 heteroatoms. The summed E-state index contributed by atoms with van der Waals surface area (Å²) in [5, 5.41) is 6.55. The molecule has 0 bridgehead atoms. The number of hydrogen-bond donors (Lipinski definition) is 0. The molecule has 2 aliphatic heterocycles. The number of hydrogen-bond acceptors (Lipinski definition) is 3. The van der Waals surface area contributed by atoms with Gasteiger partial charge in [-0.2, -0.15) is 5.10 Å². The van der Waals surface area contributed by atoms with E-state index in [1.165, 1.54) is 24.8 Å². The van der Waals surface area contributed by atoms with E-state index < -0.39 is 0 Å². The van der Waals surface area contributed by atoms with Crippen LogP contribution in [0.3, 0.4) is 0 Å². The minimum absolute atomic E-state index is 0.0246. The molecule has 1 amide bonds. The lowest BCUT2D eigenvalue weighted by Crippen LogP contribution is -2.44. The number of carbonyl (C=O) groups excluding carboxylic acids is 1. The smallest absolute Gasteiger partial charge is 0.257 e. The summed E-state index contributed by atoms with van der Waals surface area (Å²) in [4.78, 5) is 15.6. The highest BCUT2D eigenvalue weighted by atomic mass is 16.2. The third-order valence-corrected chi connectivity index (χ3v) is 6.01. The highest BCUT2D eigenvalue weighted by Crippen LogP contribution is 2.33. The van der Waals surface area contributed by atoms with Crippen LogP contribution in [0, 0.1) is 6.92 Å². The zero-order chi connectivity index (χ0) is 19.5. The van der Waals surface area contributed by atoms with Gasteiger partial charge in [0.25, 0.3) is 5.91 Å². The average molecular weight is 376 g/mol. The normalized spacial score (nSPS) is 22.9. The summed E-state index contributed by atoms with van der Waals surface area (Å²) in [5.41, 5.74) is 4.47. The molecule has 2 atom stereocenters. The molecule has 2 aromatic rings. The van der Waals surface area contributed by atoms with Crippen LogP contribution in [-0.4, -0.2) is 40.7 Å². The molecule has 1 fully saturated rings. The van der Waals surface area contributed by atoms with Gasteiger partial charge in [0.2, 0.25) is 0 Å². The Bertz CT molecular complexity index is 844. The van der Waals surface area contributed by atoms with Gasteiger partial charge in [-0.15, -0.1) is 0 Å². The largest absolute Gasteiger partial charge is 0.292 e. The second-order valence-electron chi connectivity index (χ2n) is 8.10. The fourth-order valence-corrected chi connectivity index (χ4v) is 4.23. The molecule has 0 spiro atoms. The number of carbonyl (C=O) groups is 1. The van der Waals surface area contributed by atoms with Crippen LogP contribution in [0.5, 0.6) is 0 Å². The van der Waals surface area contributed by atoms with Gasteiger partial charge in [0.15, 0.2) is 0 Å². The Morgan fingerprint density at radius 1 is 1.07 bits per heavy atom. The first-order valence-corrected chi connectivity index (χ1v) is 10.4. The van der Waals surface area contributed by atoms with Crippen molar-refractivity contribution in [2.24, 2.45) is 5.10 Å². The predicted octanol–water partition coefficient (Wildman–Crippen LogP) is 4.55. The second-order valence-corrected chi connectivity index (χ2v) is 8.10. The van der Waals surface area contributed by atoms with Gasteiger partial charge < -0.3 is 0 Å². The molecule has 0 aromatic heterocycles. The number of piperidine rings is 1. The van der Waals surface area contributed by atoms with Crippen LogP contribution in [0.2, 0.25) is 0 Å². The molecular formula is C24H29N3O. The third kappa shape index (κ3) is 4.02. The topological polar surface area (TPSA) is 35.9 Å². The minimum atomic E-state index is -0.0246. The monoisotopic (exact) mass is 375 g/mol. The van der Waals surface area contributed by atoms with Crippen LogP contribution in [0.1, 0.15) is 55.3 Å². The van der Waals surface area contributed by atoms with Crippen molar-refractivity contribution in [3.63, 3.8) is 0 Å². The van der Waals surface area contributed by atoms with Gasteiger partial charge in [0, 0.05) is 12.5 Å². The fourth-order valence-electron chi connectivity index (χ4n) is 4.23. The standard InChI is InChI=1S/C24H29N3O/c1-18-11-13-21(14-12-18)23-16-22(20-9-4-3-5-10-20)25-27(23)24(28)17-26-15-7-6-8-19(26)2/h3-5,9-14,19,23H,6-8,15-17H2,1-2H3/t19-,23+/m1/s1. The van der Waals surface area contributed by atoms with Crippen LogP contribution >= 0.6 is 0 Å². The zero-order valence-electron chi connectivity index (χ0n) is 16.8. The van der Waals surface area contributed by atoms with Crippen molar-refractivity contribution < 1.29 is 4.79 Å². The quantitative estimate of drug-likeness (QED) is 0.786. The van der Waals surface area contributed by atoms with Gasteiger partial charge in [0.05, 0.1) is 18.3 Å². The number of aryl methyl sites for hydroxylation is 1. The molecule has 28 heavy (non-hydrogen) atoms. The first-order valence-electron chi connectivity index (χ1n) is 10.4. The summed E-state index contributed by atoms with van der Waals surface area (Å²) in [6.07, 6.45) is 4.37. The summed E-state index contributed by atoms with van der Waals surface area (Å²) >= 11 is 0. The molecule has 0 N–H and O–H groups in total. The molecule has 2 heterocycles. The Kier molecular flexibility index (Phi) is 5.58. The minimum Gasteiger partial charge on any atom is -0.292 e. The van der Waals surface area contributed by atoms with E-state index in [2.05, 4.69) is 55.1 Å². The number of hydrazone groups is 1. The summed E-state index contributed by atoms with van der Waals surface area (Å²) < 4.78 is 0. The van der Waals surface area contributed by atoms with Crippen LogP contribution in [0.25, 0.3) is 0 Å². The molecule has 0 unspecified atom stereocenters. The maximum atomic E-state index is 13.3. The first-order chi connectivity index (χ1) is 13.6. The Morgan fingerprint density at radius 3 is 2.54 bits per heavy atom. The highest BCUT2D eigenvalue weighted by Gasteiger charge is 2.34. The molecule has 146 valence electrons. The zero-order valence-corrected chi connectivity index (χ0v) is 16.8. The van der Waals surface area contributed by atoms with Gasteiger partial charge in [0.1, 0.15) is 0 Å². The van der Waals surface area contributed by atoms with Crippen LogP contribution in [-0.2, 0) is 4.79 Å². The van der Waals surface area contributed by atoms with Gasteiger partial charge in [-0.25, -0.2) is 5.01 Å². The Balaban J connectivity index is 1.60. The molecule has 0 aliphatic carbocycles. The molecule has 2 aromatic carbocycles. The lowest BCUT2D eigenvalue weighted by atomic mass is 9.97. The van der Waals surface area contributed by atoms with Crippen molar-refractivity contribution in [2.45, 2.75) is 51.6 Å². The highest BCUT2D eigenvalue weighted by molar-refractivity contribution is 6.03. The lowest BCUT2D eigenvalue weighted by molar-refractivity contribution is -0.135. The van der Waals surface area contributed by atoms with E-state index in [1.54, 1.807) is 5.01 Å². The molecule has 0 radical (unpaired) electrons. The van der Waals surface area contributed by atoms with Crippen LogP contribution in [0.15, 0.2) is 59.7 Å². The van der Waals surface area contributed by atoms with Gasteiger partial charge >= 0.3 is 0 Å². The third-order valence-electron chi connectivity index (χ3n) is 6.01. The van der Waals surface area contributed by atoms with Crippen molar-refractivity contribution >= 4 is 11.6 Å². The Morgan fingerprint density at radius 2 is 1.82 bits per heavy atom. The number of likely N-dealkylation sites (tertiary alicyclic amines) is 1. The summed E-state index contributed by atoms with van der Waals surface area (Å²) in [7, 11) is 0. The van der Waals surface area contributed by atoms with E-state index >= 15 is 0 Å². The molecule has 0 saturated carbocycles. The van der Waals surface area contributed by atoms with Crippen molar-refractivity contribution in [2.75, 3.05) is 13.1 Å². The Hall–Kier alpha value is -2.46. The number of amides is 1. The number of benzene rings is 2. The SMILES string of the molecule is Cc1ccc([C@@H]2CC(c3ccccc3)=NN2C(=O)CN2CCCC[C@H]2C)cc1. The summed E-state index contributed by atoms with van der Waals surface area (Å²) in [5.74, 6) is 0.102. The van der Waals surface area contributed by atoms with Crippen molar-refractivity contribution in [1.82, 2.24) is 9.91 Å². The predicted molar refractivity (Wildman–Crippen MR) is 113 cm³/mol. The van der Waals surface area contributed by atoms with E-state index in [0.29, 0.717) is 12.6 Å². The summed E-state index contributed by atoms with van der Waals surface area (Å²) in [6.45, 7) is 5.78. The first kappa shape index (κ1) is 18.9. The van der Waals surface area contributed by atoms with E-state index in [-0.39, 0.29) is 11.9 Å². The lowest BCUT2D eigenvalue weighted by Gasteiger charge is -2.34. The maximum Gasteiger partial charge on any atom is 0.257 e. The number of rotatable bonds is 4. The second kappa shape index (κ2) is 8.27. The van der Waals surface area contributed by atoms with Gasteiger partial charge in [-0.3, -0.25) is 9.69 Å². The van der Waals surface area contributed by atoms with E-state index in [0.717, 1.165) is 29.8 Å². The van der Waals surface area contributed by atoms with Crippen molar-refractivity contribution in [1.29, 1.82) is 0 Å². The fraction of sp³-hybridized carbons (Fsp3) is 0.417. The molecule has 4 nitrogen and oxygen atoms in total. The molecule has 2 aliphatic rings.